The van der Waals surface area contributed by atoms with E-state index in [1.807, 2.05) is 6.07 Å². The van der Waals surface area contributed by atoms with E-state index in [1.165, 1.54) is 18.2 Å². The number of aliphatic hydroxyl groups excluding tert-OH is 1. The Morgan fingerprint density at radius 2 is 1.91 bits per heavy atom. The number of nitriles is 1. The average Bonchev–Trinajstić information content (AvgIpc) is 3.27. The Labute approximate surface area is 200 Å². The molecule has 12 heteroatoms. The highest BCUT2D eigenvalue weighted by Crippen LogP contribution is 2.26. The molecule has 1 aliphatic heterocycles. The van der Waals surface area contributed by atoms with Crippen molar-refractivity contribution in [1.29, 1.82) is 5.26 Å². The Kier molecular flexibility index (Phi) is 8.71. The summed E-state index contributed by atoms with van der Waals surface area (Å²) in [6.07, 6.45) is -0.820. The fraction of sp³-hybridized carbons (Fsp3) is 0.261. The minimum absolute atomic E-state index is 0.120. The normalized spacial score (nSPS) is 17.3. The number of carbonyl (C=O) groups excluding carboxylic acids is 2. The second-order valence-electron chi connectivity index (χ2n) is 7.41. The molecule has 0 aliphatic carbocycles. The standard InChI is InChI=1S/C23H25N5O7/c24-6-7-34-20-12-33-13-21(20)35-23(32)26-11-14-2-1-3-15(8-14)27-22(31)28-16-4-5-17(18(29)9-16)19(30)10-25/h1-5,8-10,20-21,29-30H,7,11-13,25H2,(H,26,32)(H2,27,28,31)/b19-10-. The topological polar surface area (TPSA) is 188 Å². The van der Waals surface area contributed by atoms with Gasteiger partial charge in [0.05, 0.1) is 24.8 Å². The SMILES string of the molecule is N#CCOC1COCC1OC(=O)NCc1cccc(NC(=O)Nc2ccc(/C(O)=C/N)c(O)c2)c1. The molecule has 184 valence electrons. The van der Waals surface area contributed by atoms with Gasteiger partial charge in [-0.3, -0.25) is 0 Å². The van der Waals surface area contributed by atoms with Crippen molar-refractivity contribution in [2.24, 2.45) is 5.73 Å². The first kappa shape index (κ1) is 25.2. The number of alkyl carbamates (subject to hydrolysis) is 1. The lowest BCUT2D eigenvalue weighted by molar-refractivity contribution is -0.00544. The largest absolute Gasteiger partial charge is 0.507 e. The summed E-state index contributed by atoms with van der Waals surface area (Å²) in [4.78, 5) is 24.5. The number of benzene rings is 2. The van der Waals surface area contributed by atoms with Crippen molar-refractivity contribution in [3.63, 3.8) is 0 Å². The molecule has 0 aromatic heterocycles. The van der Waals surface area contributed by atoms with Gasteiger partial charge in [0.25, 0.3) is 0 Å². The van der Waals surface area contributed by atoms with E-state index < -0.39 is 24.3 Å². The van der Waals surface area contributed by atoms with Crippen LogP contribution in [0.2, 0.25) is 0 Å². The van der Waals surface area contributed by atoms with Crippen LogP contribution in [0.25, 0.3) is 5.76 Å². The van der Waals surface area contributed by atoms with Crippen LogP contribution in [0.4, 0.5) is 21.0 Å². The number of rotatable bonds is 8. The van der Waals surface area contributed by atoms with E-state index in [0.29, 0.717) is 16.9 Å². The van der Waals surface area contributed by atoms with Gasteiger partial charge < -0.3 is 46.1 Å². The number of hydrogen-bond donors (Lipinski definition) is 6. The Morgan fingerprint density at radius 3 is 2.63 bits per heavy atom. The molecule has 12 nitrogen and oxygen atoms in total. The van der Waals surface area contributed by atoms with Gasteiger partial charge in [-0.2, -0.15) is 5.26 Å². The fourth-order valence-corrected chi connectivity index (χ4v) is 3.25. The molecule has 3 rings (SSSR count). The monoisotopic (exact) mass is 483 g/mol. The summed E-state index contributed by atoms with van der Waals surface area (Å²) in [5.41, 5.74) is 6.82. The molecule has 1 aliphatic rings. The smallest absolute Gasteiger partial charge is 0.407 e. The van der Waals surface area contributed by atoms with Crippen molar-refractivity contribution >= 4 is 29.3 Å². The number of ether oxygens (including phenoxy) is 3. The first-order chi connectivity index (χ1) is 16.9. The predicted octanol–water partition coefficient (Wildman–Crippen LogP) is 2.39. The zero-order chi connectivity index (χ0) is 25.2. The van der Waals surface area contributed by atoms with Crippen LogP contribution in [0.1, 0.15) is 11.1 Å². The fourth-order valence-electron chi connectivity index (χ4n) is 3.25. The zero-order valence-corrected chi connectivity index (χ0v) is 18.6. The minimum Gasteiger partial charge on any atom is -0.507 e. The summed E-state index contributed by atoms with van der Waals surface area (Å²) in [7, 11) is 0. The van der Waals surface area contributed by atoms with Crippen LogP contribution in [0.5, 0.6) is 5.75 Å². The maximum absolute atomic E-state index is 12.3. The Bertz CT molecular complexity index is 1130. The highest BCUT2D eigenvalue weighted by molar-refractivity contribution is 6.00. The molecule has 0 spiro atoms. The lowest BCUT2D eigenvalue weighted by Crippen LogP contribution is -2.36. The number of nitrogens with one attached hydrogen (secondary N) is 3. The van der Waals surface area contributed by atoms with Crippen LogP contribution in [-0.4, -0.2) is 54.4 Å². The molecule has 35 heavy (non-hydrogen) atoms. The molecule has 0 saturated carbocycles. The van der Waals surface area contributed by atoms with Gasteiger partial charge in [0.1, 0.15) is 24.2 Å². The third-order valence-corrected chi connectivity index (χ3v) is 4.91. The lowest BCUT2D eigenvalue weighted by Gasteiger charge is -2.17. The first-order valence-electron chi connectivity index (χ1n) is 10.5. The van der Waals surface area contributed by atoms with Crippen molar-refractivity contribution in [2.45, 2.75) is 18.8 Å². The van der Waals surface area contributed by atoms with Gasteiger partial charge in [-0.1, -0.05) is 12.1 Å². The number of amides is 3. The number of nitrogens with zero attached hydrogens (tertiary/aromatic N) is 1. The molecule has 7 N–H and O–H groups in total. The number of aliphatic hydroxyl groups is 1. The number of aromatic hydroxyl groups is 1. The van der Waals surface area contributed by atoms with Gasteiger partial charge >= 0.3 is 12.1 Å². The maximum Gasteiger partial charge on any atom is 0.407 e. The third kappa shape index (κ3) is 7.26. The number of urea groups is 1. The van der Waals surface area contributed by atoms with Crippen LogP contribution in [0.3, 0.4) is 0 Å². The van der Waals surface area contributed by atoms with Crippen LogP contribution in [0.15, 0.2) is 48.7 Å². The first-order valence-corrected chi connectivity index (χ1v) is 10.5. The molecule has 1 saturated heterocycles. The highest BCUT2D eigenvalue weighted by Gasteiger charge is 2.32. The predicted molar refractivity (Wildman–Crippen MR) is 125 cm³/mol. The maximum atomic E-state index is 12.3. The number of hydrogen-bond acceptors (Lipinski definition) is 9. The minimum atomic E-state index is -0.666. The second kappa shape index (κ2) is 12.1. The van der Waals surface area contributed by atoms with E-state index in [9.17, 15) is 19.8 Å². The molecule has 3 amide bonds. The lowest BCUT2D eigenvalue weighted by atomic mass is 10.1. The summed E-state index contributed by atoms with van der Waals surface area (Å²) >= 11 is 0. The number of carbonyl (C=O) groups is 2. The molecule has 0 bridgehead atoms. The second-order valence-corrected chi connectivity index (χ2v) is 7.41. The molecule has 0 radical (unpaired) electrons. The molecule has 2 atom stereocenters. The summed E-state index contributed by atoms with van der Waals surface area (Å²) < 4.78 is 15.8. The molecular weight excluding hydrogens is 458 g/mol. The van der Waals surface area contributed by atoms with E-state index in [4.69, 9.17) is 25.2 Å². The molecule has 2 unspecified atom stereocenters. The summed E-state index contributed by atoms with van der Waals surface area (Å²) in [5, 5.41) is 36.1. The number of phenolic OH excluding ortho intramolecular Hbond substituents is 1. The molecule has 2 aromatic rings. The average molecular weight is 483 g/mol. The van der Waals surface area contributed by atoms with Crippen molar-refractivity contribution in [1.82, 2.24) is 5.32 Å². The Morgan fingerprint density at radius 1 is 1.17 bits per heavy atom. The van der Waals surface area contributed by atoms with Crippen molar-refractivity contribution < 1.29 is 34.0 Å². The van der Waals surface area contributed by atoms with E-state index in [1.54, 1.807) is 24.3 Å². The van der Waals surface area contributed by atoms with Crippen molar-refractivity contribution in [2.75, 3.05) is 30.5 Å². The third-order valence-electron chi connectivity index (χ3n) is 4.91. The van der Waals surface area contributed by atoms with E-state index in [2.05, 4.69) is 16.0 Å². The summed E-state index contributed by atoms with van der Waals surface area (Å²) in [6, 6.07) is 12.3. The van der Waals surface area contributed by atoms with Crippen LogP contribution in [-0.2, 0) is 20.8 Å². The summed E-state index contributed by atoms with van der Waals surface area (Å²) in [5.74, 6) is -0.550. The van der Waals surface area contributed by atoms with E-state index in [-0.39, 0.29) is 43.4 Å². The van der Waals surface area contributed by atoms with Gasteiger partial charge in [0, 0.05) is 30.2 Å². The van der Waals surface area contributed by atoms with Gasteiger partial charge in [-0.15, -0.1) is 0 Å². The van der Waals surface area contributed by atoms with Crippen molar-refractivity contribution in [3.05, 3.63) is 59.8 Å². The van der Waals surface area contributed by atoms with Crippen molar-refractivity contribution in [3.8, 4) is 11.8 Å². The van der Waals surface area contributed by atoms with Gasteiger partial charge in [0.15, 0.2) is 6.10 Å². The van der Waals surface area contributed by atoms with E-state index >= 15 is 0 Å². The van der Waals surface area contributed by atoms with Gasteiger partial charge in [-0.05, 0) is 29.8 Å². The number of nitrogens with two attached hydrogens (primary N) is 1. The Balaban J connectivity index is 1.50. The molecular formula is C23H25N5O7. The zero-order valence-electron chi connectivity index (χ0n) is 18.6. The quantitative estimate of drug-likeness (QED) is 0.306. The van der Waals surface area contributed by atoms with Crippen LogP contribution < -0.4 is 21.7 Å². The summed E-state index contributed by atoms with van der Waals surface area (Å²) in [6.45, 7) is 0.446. The van der Waals surface area contributed by atoms with Crippen LogP contribution >= 0.6 is 0 Å². The van der Waals surface area contributed by atoms with Gasteiger partial charge in [-0.25, -0.2) is 9.59 Å². The van der Waals surface area contributed by atoms with E-state index in [0.717, 1.165) is 6.20 Å². The van der Waals surface area contributed by atoms with Crippen LogP contribution in [0, 0.1) is 11.3 Å². The molecule has 1 fully saturated rings. The highest BCUT2D eigenvalue weighted by atomic mass is 16.6. The number of phenols is 1. The Hall–Kier alpha value is -4.47. The number of anilines is 2. The molecule has 2 aromatic carbocycles. The van der Waals surface area contributed by atoms with Gasteiger partial charge in [0.2, 0.25) is 0 Å². The molecule has 1 heterocycles.